The van der Waals surface area contributed by atoms with Gasteiger partial charge in [-0.15, -0.1) is 0 Å². The van der Waals surface area contributed by atoms with Crippen LogP contribution in [0.1, 0.15) is 19.3 Å². The highest BCUT2D eigenvalue weighted by atomic mass is 79.9. The van der Waals surface area contributed by atoms with Crippen LogP contribution < -0.4 is 11.2 Å². The summed E-state index contributed by atoms with van der Waals surface area (Å²) >= 11 is 3.11. The monoisotopic (exact) mass is 258 g/mol. The van der Waals surface area contributed by atoms with Crippen LogP contribution in [0.15, 0.2) is 20.3 Å². The largest absolute Gasteiger partial charge is 0.328 e. The van der Waals surface area contributed by atoms with Gasteiger partial charge in [-0.2, -0.15) is 0 Å². The molecule has 1 aliphatic carbocycles. The van der Waals surface area contributed by atoms with Gasteiger partial charge in [0.25, 0.3) is 5.56 Å². The molecule has 4 nitrogen and oxygen atoms in total. The van der Waals surface area contributed by atoms with Crippen molar-refractivity contribution in [3.63, 3.8) is 0 Å². The lowest BCUT2D eigenvalue weighted by Gasteiger charge is -2.25. The van der Waals surface area contributed by atoms with Crippen molar-refractivity contribution in [2.24, 2.45) is 5.92 Å². The van der Waals surface area contributed by atoms with Crippen molar-refractivity contribution >= 4 is 15.9 Å². The van der Waals surface area contributed by atoms with E-state index in [1.54, 1.807) is 10.8 Å². The van der Waals surface area contributed by atoms with Crippen molar-refractivity contribution in [1.29, 1.82) is 0 Å². The number of nitrogens with one attached hydrogen (secondary N) is 1. The summed E-state index contributed by atoms with van der Waals surface area (Å²) in [6.07, 6.45) is 5.19. The van der Waals surface area contributed by atoms with Gasteiger partial charge in [-0.25, -0.2) is 4.79 Å². The van der Waals surface area contributed by atoms with E-state index in [2.05, 4.69) is 20.9 Å². The molecule has 1 aliphatic rings. The highest BCUT2D eigenvalue weighted by molar-refractivity contribution is 9.10. The summed E-state index contributed by atoms with van der Waals surface area (Å²) in [5.41, 5.74) is -0.676. The predicted molar refractivity (Wildman–Crippen MR) is 56.4 cm³/mol. The molecule has 0 atom stereocenters. The van der Waals surface area contributed by atoms with Crippen LogP contribution in [-0.2, 0) is 6.54 Å². The number of hydrogen-bond donors (Lipinski definition) is 1. The molecule has 2 rings (SSSR count). The highest BCUT2D eigenvalue weighted by Crippen LogP contribution is 2.27. The molecule has 0 aromatic carbocycles. The third kappa shape index (κ3) is 1.82. The summed E-state index contributed by atoms with van der Waals surface area (Å²) in [7, 11) is 0. The van der Waals surface area contributed by atoms with Gasteiger partial charge in [0.1, 0.15) is 0 Å². The van der Waals surface area contributed by atoms with Gasteiger partial charge in [-0.3, -0.25) is 14.3 Å². The smallest absolute Gasteiger partial charge is 0.299 e. The number of rotatable bonds is 2. The summed E-state index contributed by atoms with van der Waals surface area (Å²) < 4.78 is 1.98. The summed E-state index contributed by atoms with van der Waals surface area (Å²) in [5.74, 6) is 0.602. The summed E-state index contributed by atoms with van der Waals surface area (Å²) in [5, 5.41) is 0. The highest BCUT2D eigenvalue weighted by Gasteiger charge is 2.18. The van der Waals surface area contributed by atoms with Crippen molar-refractivity contribution in [3.05, 3.63) is 31.5 Å². The molecule has 0 unspecified atom stereocenters. The molecule has 0 spiro atoms. The lowest BCUT2D eigenvalue weighted by molar-refractivity contribution is 0.272. The van der Waals surface area contributed by atoms with Crippen LogP contribution in [0.2, 0.25) is 0 Å². The summed E-state index contributed by atoms with van der Waals surface area (Å²) in [4.78, 5) is 24.7. The van der Waals surface area contributed by atoms with E-state index in [0.29, 0.717) is 16.9 Å². The molecule has 76 valence electrons. The van der Waals surface area contributed by atoms with E-state index >= 15 is 0 Å². The Kier molecular flexibility index (Phi) is 2.58. The zero-order valence-electron chi connectivity index (χ0n) is 7.62. The van der Waals surface area contributed by atoms with Crippen molar-refractivity contribution in [2.75, 3.05) is 0 Å². The van der Waals surface area contributed by atoms with Crippen molar-refractivity contribution in [3.8, 4) is 0 Å². The van der Waals surface area contributed by atoms with Crippen molar-refractivity contribution in [1.82, 2.24) is 9.55 Å². The molecule has 14 heavy (non-hydrogen) atoms. The molecule has 1 N–H and O–H groups in total. The third-order valence-corrected chi connectivity index (χ3v) is 3.21. The number of halogens is 1. The molecule has 0 bridgehead atoms. The molecule has 1 aromatic heterocycles. The molecule has 1 aromatic rings. The van der Waals surface area contributed by atoms with Crippen LogP contribution in [0.3, 0.4) is 0 Å². The van der Waals surface area contributed by atoms with Crippen LogP contribution >= 0.6 is 15.9 Å². The van der Waals surface area contributed by atoms with E-state index in [1.807, 2.05) is 0 Å². The summed E-state index contributed by atoms with van der Waals surface area (Å²) in [6, 6.07) is 0. The first-order valence-corrected chi connectivity index (χ1v) is 5.45. The maximum Gasteiger partial charge on any atom is 0.328 e. The zero-order chi connectivity index (χ0) is 10.1. The average Bonchev–Trinajstić information content (AvgIpc) is 2.06. The molecule has 0 radical (unpaired) electrons. The van der Waals surface area contributed by atoms with Gasteiger partial charge in [-0.1, -0.05) is 6.42 Å². The molecule has 1 fully saturated rings. The number of aromatic amines is 1. The Balaban J connectivity index is 2.28. The number of aromatic nitrogens is 2. The lowest BCUT2D eigenvalue weighted by Crippen LogP contribution is -2.33. The topological polar surface area (TPSA) is 54.9 Å². The fourth-order valence-corrected chi connectivity index (χ4v) is 1.92. The van der Waals surface area contributed by atoms with Gasteiger partial charge in [-0.05, 0) is 34.7 Å². The molecule has 1 saturated carbocycles. The molecule has 5 heteroatoms. The fraction of sp³-hybridized carbons (Fsp3) is 0.556. The molecule has 0 aliphatic heterocycles. The Hall–Kier alpha value is -0.840. The maximum atomic E-state index is 11.4. The Morgan fingerprint density at radius 3 is 2.79 bits per heavy atom. The van der Waals surface area contributed by atoms with E-state index in [9.17, 15) is 9.59 Å². The average molecular weight is 259 g/mol. The lowest BCUT2D eigenvalue weighted by atomic mass is 9.85. The van der Waals surface area contributed by atoms with E-state index in [1.165, 1.54) is 19.3 Å². The van der Waals surface area contributed by atoms with Crippen LogP contribution in [0.4, 0.5) is 0 Å². The quantitative estimate of drug-likeness (QED) is 0.864. The van der Waals surface area contributed by atoms with Gasteiger partial charge in [0.15, 0.2) is 0 Å². The minimum Gasteiger partial charge on any atom is -0.299 e. The first-order chi connectivity index (χ1) is 6.66. The van der Waals surface area contributed by atoms with Crippen LogP contribution in [-0.4, -0.2) is 9.55 Å². The van der Waals surface area contributed by atoms with Crippen LogP contribution in [0, 0.1) is 5.92 Å². The Morgan fingerprint density at radius 1 is 1.50 bits per heavy atom. The van der Waals surface area contributed by atoms with E-state index in [-0.39, 0.29) is 11.2 Å². The Bertz CT molecular complexity index is 445. The Morgan fingerprint density at radius 2 is 2.21 bits per heavy atom. The SMILES string of the molecule is O=c1[nH]c(=O)n(CC2CCC2)cc1Br. The van der Waals surface area contributed by atoms with Crippen LogP contribution in [0.5, 0.6) is 0 Å². The van der Waals surface area contributed by atoms with E-state index < -0.39 is 0 Å². The molecule has 0 saturated heterocycles. The normalized spacial score (nSPS) is 16.6. The Labute approximate surface area is 89.1 Å². The first-order valence-electron chi connectivity index (χ1n) is 4.66. The van der Waals surface area contributed by atoms with Crippen molar-refractivity contribution in [2.45, 2.75) is 25.8 Å². The van der Waals surface area contributed by atoms with E-state index in [0.717, 1.165) is 0 Å². The van der Waals surface area contributed by atoms with Crippen molar-refractivity contribution < 1.29 is 0 Å². The second-order valence-corrected chi connectivity index (χ2v) is 4.54. The van der Waals surface area contributed by atoms with Gasteiger partial charge >= 0.3 is 5.69 Å². The standard InChI is InChI=1S/C9H11BrN2O2/c10-7-5-12(4-6-2-1-3-6)9(14)11-8(7)13/h5-6H,1-4H2,(H,11,13,14). The van der Waals surface area contributed by atoms with Gasteiger partial charge < -0.3 is 0 Å². The van der Waals surface area contributed by atoms with Gasteiger partial charge in [0, 0.05) is 12.7 Å². The second kappa shape index (κ2) is 3.73. The molecule has 0 amide bonds. The molecule has 1 heterocycles. The molecular formula is C9H11BrN2O2. The van der Waals surface area contributed by atoms with E-state index in [4.69, 9.17) is 0 Å². The third-order valence-electron chi connectivity index (χ3n) is 2.65. The zero-order valence-corrected chi connectivity index (χ0v) is 9.21. The van der Waals surface area contributed by atoms with Gasteiger partial charge in [0.05, 0.1) is 4.47 Å². The minimum atomic E-state index is -0.361. The number of hydrogen-bond acceptors (Lipinski definition) is 2. The molecular weight excluding hydrogens is 248 g/mol. The number of H-pyrrole nitrogens is 1. The fourth-order valence-electron chi connectivity index (χ4n) is 1.57. The summed E-state index contributed by atoms with van der Waals surface area (Å²) in [6.45, 7) is 0.716. The first kappa shape index (κ1) is 9.71. The maximum absolute atomic E-state index is 11.4. The predicted octanol–water partition coefficient (Wildman–Crippen LogP) is 1.10. The second-order valence-electron chi connectivity index (χ2n) is 3.69. The number of nitrogens with zero attached hydrogens (tertiary/aromatic N) is 1. The minimum absolute atomic E-state index is 0.315. The van der Waals surface area contributed by atoms with Crippen LogP contribution in [0.25, 0.3) is 0 Å². The van der Waals surface area contributed by atoms with Gasteiger partial charge in [0.2, 0.25) is 0 Å².